The van der Waals surface area contributed by atoms with Crippen LogP contribution in [0.5, 0.6) is 0 Å². The number of fused-ring (bicyclic) bond motifs is 3. The Kier molecular flexibility index (Phi) is 3.80. The fraction of sp³-hybridized carbons (Fsp3) is 0.611. The summed E-state index contributed by atoms with van der Waals surface area (Å²) in [6.45, 7) is 0.566. The SMILES string of the molecule is CS(=O)(=O)N1CCC(n2cnc3c2-c2nc(N)ncc2CC3)CC1C1CC1. The number of nitrogens with zero attached hydrogens (tertiary/aromatic N) is 5. The third kappa shape index (κ3) is 2.93. The maximum Gasteiger partial charge on any atom is 0.220 e. The molecule has 2 aromatic rings. The van der Waals surface area contributed by atoms with Crippen molar-refractivity contribution < 1.29 is 8.42 Å². The molecule has 5 rings (SSSR count). The Morgan fingerprint density at radius 2 is 2.00 bits per heavy atom. The molecule has 9 heteroatoms. The maximum atomic E-state index is 12.2. The van der Waals surface area contributed by atoms with Crippen molar-refractivity contribution in [1.29, 1.82) is 0 Å². The van der Waals surface area contributed by atoms with Crippen LogP contribution in [-0.2, 0) is 22.9 Å². The van der Waals surface area contributed by atoms with Crippen LogP contribution in [0.25, 0.3) is 11.4 Å². The lowest BCUT2D eigenvalue weighted by Gasteiger charge is -2.39. The van der Waals surface area contributed by atoms with Crippen molar-refractivity contribution in [3.8, 4) is 11.4 Å². The Bertz CT molecular complexity index is 997. The first-order chi connectivity index (χ1) is 12.9. The minimum absolute atomic E-state index is 0.0929. The number of sulfonamides is 1. The molecule has 8 nitrogen and oxygen atoms in total. The van der Waals surface area contributed by atoms with Gasteiger partial charge in [-0.15, -0.1) is 0 Å². The molecule has 0 spiro atoms. The van der Waals surface area contributed by atoms with Crippen molar-refractivity contribution in [3.05, 3.63) is 23.8 Å². The lowest BCUT2D eigenvalue weighted by atomic mass is 9.93. The molecule has 2 unspecified atom stereocenters. The monoisotopic (exact) mass is 388 g/mol. The highest BCUT2D eigenvalue weighted by molar-refractivity contribution is 7.88. The highest BCUT2D eigenvalue weighted by atomic mass is 32.2. The van der Waals surface area contributed by atoms with E-state index in [2.05, 4.69) is 19.5 Å². The van der Waals surface area contributed by atoms with Crippen LogP contribution in [0.4, 0.5) is 5.95 Å². The van der Waals surface area contributed by atoms with Gasteiger partial charge in [0.15, 0.2) is 0 Å². The third-order valence-corrected chi connectivity index (χ3v) is 7.47. The average molecular weight is 388 g/mol. The van der Waals surface area contributed by atoms with Crippen molar-refractivity contribution >= 4 is 16.0 Å². The summed E-state index contributed by atoms with van der Waals surface area (Å²) in [5.41, 5.74) is 9.92. The van der Waals surface area contributed by atoms with Crippen molar-refractivity contribution in [2.24, 2.45) is 5.92 Å². The highest BCUT2D eigenvalue weighted by Gasteiger charge is 2.43. The molecule has 3 aliphatic rings. The van der Waals surface area contributed by atoms with E-state index in [0.29, 0.717) is 12.5 Å². The van der Waals surface area contributed by atoms with Gasteiger partial charge in [0.1, 0.15) is 0 Å². The molecule has 144 valence electrons. The zero-order valence-corrected chi connectivity index (χ0v) is 16.2. The van der Waals surface area contributed by atoms with Crippen LogP contribution < -0.4 is 5.73 Å². The van der Waals surface area contributed by atoms with Gasteiger partial charge < -0.3 is 10.3 Å². The number of aromatic nitrogens is 4. The molecule has 1 saturated heterocycles. The molecule has 0 aromatic carbocycles. The van der Waals surface area contributed by atoms with Gasteiger partial charge in [0.05, 0.1) is 29.7 Å². The molecule has 0 bridgehead atoms. The number of nitrogens with two attached hydrogens (primary N) is 1. The normalized spacial score (nSPS) is 25.8. The summed E-state index contributed by atoms with van der Waals surface area (Å²) in [6, 6.07) is 0.322. The minimum atomic E-state index is -3.17. The summed E-state index contributed by atoms with van der Waals surface area (Å²) in [6.07, 6.45) is 10.7. The molecular weight excluding hydrogens is 364 g/mol. The molecule has 1 aliphatic heterocycles. The van der Waals surface area contributed by atoms with Crippen LogP contribution in [-0.4, -0.2) is 51.1 Å². The van der Waals surface area contributed by atoms with Crippen LogP contribution in [0.15, 0.2) is 12.5 Å². The second-order valence-corrected chi connectivity index (χ2v) is 9.94. The number of imidazole rings is 1. The van der Waals surface area contributed by atoms with Crippen molar-refractivity contribution in [2.75, 3.05) is 18.5 Å². The van der Waals surface area contributed by atoms with Gasteiger partial charge in [0.2, 0.25) is 16.0 Å². The van der Waals surface area contributed by atoms with Crippen molar-refractivity contribution in [3.63, 3.8) is 0 Å². The van der Waals surface area contributed by atoms with Gasteiger partial charge in [-0.1, -0.05) is 0 Å². The summed E-state index contributed by atoms with van der Waals surface area (Å²) in [7, 11) is -3.17. The summed E-state index contributed by atoms with van der Waals surface area (Å²) >= 11 is 0. The predicted molar refractivity (Wildman–Crippen MR) is 101 cm³/mol. The molecule has 2 fully saturated rings. The van der Waals surface area contributed by atoms with Crippen LogP contribution >= 0.6 is 0 Å². The Morgan fingerprint density at radius 3 is 2.74 bits per heavy atom. The van der Waals surface area contributed by atoms with Crippen LogP contribution in [0.3, 0.4) is 0 Å². The molecule has 1 saturated carbocycles. The molecule has 2 atom stereocenters. The fourth-order valence-corrected chi connectivity index (χ4v) is 5.90. The Hall–Kier alpha value is -2.00. The number of hydrogen-bond acceptors (Lipinski definition) is 6. The van der Waals surface area contributed by atoms with E-state index in [0.717, 1.165) is 61.2 Å². The highest BCUT2D eigenvalue weighted by Crippen LogP contribution is 2.44. The molecular formula is C18H24N6O2S. The summed E-state index contributed by atoms with van der Waals surface area (Å²) in [5, 5.41) is 0. The van der Waals surface area contributed by atoms with E-state index in [1.165, 1.54) is 6.26 Å². The van der Waals surface area contributed by atoms with Gasteiger partial charge in [0.25, 0.3) is 0 Å². The van der Waals surface area contributed by atoms with Gasteiger partial charge in [0, 0.05) is 24.8 Å². The van der Waals surface area contributed by atoms with Crippen LogP contribution in [0.2, 0.25) is 0 Å². The number of anilines is 1. The van der Waals surface area contributed by atoms with E-state index >= 15 is 0 Å². The van der Waals surface area contributed by atoms with Crippen LogP contribution in [0, 0.1) is 5.92 Å². The number of hydrogen-bond donors (Lipinski definition) is 1. The third-order valence-electron chi connectivity index (χ3n) is 6.16. The van der Waals surface area contributed by atoms with Gasteiger partial charge in [-0.2, -0.15) is 4.31 Å². The zero-order valence-electron chi connectivity index (χ0n) is 15.4. The van der Waals surface area contributed by atoms with E-state index in [1.807, 2.05) is 12.5 Å². The minimum Gasteiger partial charge on any atom is -0.368 e. The lowest BCUT2D eigenvalue weighted by molar-refractivity contribution is 0.182. The first-order valence-corrected chi connectivity index (χ1v) is 11.4. The van der Waals surface area contributed by atoms with E-state index in [9.17, 15) is 8.42 Å². The van der Waals surface area contributed by atoms with Gasteiger partial charge >= 0.3 is 0 Å². The smallest absolute Gasteiger partial charge is 0.220 e. The Morgan fingerprint density at radius 1 is 1.19 bits per heavy atom. The first kappa shape index (κ1) is 17.1. The quantitative estimate of drug-likeness (QED) is 0.852. The van der Waals surface area contributed by atoms with Crippen molar-refractivity contribution in [1.82, 2.24) is 23.8 Å². The first-order valence-electron chi connectivity index (χ1n) is 9.56. The number of rotatable bonds is 3. The number of piperidine rings is 1. The molecule has 2 aliphatic carbocycles. The molecule has 0 amide bonds. The summed E-state index contributed by atoms with van der Waals surface area (Å²) < 4.78 is 28.4. The second kappa shape index (κ2) is 6.00. The van der Waals surface area contributed by atoms with Crippen molar-refractivity contribution in [2.45, 2.75) is 50.6 Å². The molecule has 2 N–H and O–H groups in total. The standard InChI is InChI=1S/C18H24N6O2S/c1-27(25,26)24-7-6-13(8-15(24)11-2-3-11)23-10-21-14-5-4-12-9-20-18(19)22-16(12)17(14)23/h9-11,13,15H,2-8H2,1H3,(H2,19,20,22). The van der Waals surface area contributed by atoms with Gasteiger partial charge in [-0.3, -0.25) is 0 Å². The van der Waals surface area contributed by atoms with E-state index in [-0.39, 0.29) is 18.0 Å². The number of nitrogen functional groups attached to an aromatic ring is 1. The summed E-state index contributed by atoms with van der Waals surface area (Å²) in [4.78, 5) is 13.3. The average Bonchev–Trinajstić information content (AvgIpc) is 3.39. The fourth-order valence-electron chi connectivity index (χ4n) is 4.71. The molecule has 2 aromatic heterocycles. The second-order valence-electron chi connectivity index (χ2n) is 8.01. The lowest BCUT2D eigenvalue weighted by Crippen LogP contribution is -2.47. The molecule has 27 heavy (non-hydrogen) atoms. The van der Waals surface area contributed by atoms with Crippen LogP contribution in [0.1, 0.15) is 43.0 Å². The topological polar surface area (TPSA) is 107 Å². The van der Waals surface area contributed by atoms with E-state index < -0.39 is 10.0 Å². The zero-order chi connectivity index (χ0) is 18.8. The Labute approximate surface area is 158 Å². The van der Waals surface area contributed by atoms with E-state index in [1.54, 1.807) is 4.31 Å². The summed E-state index contributed by atoms with van der Waals surface area (Å²) in [5.74, 6) is 0.768. The largest absolute Gasteiger partial charge is 0.368 e. The van der Waals surface area contributed by atoms with Gasteiger partial charge in [-0.05, 0) is 50.0 Å². The van der Waals surface area contributed by atoms with E-state index in [4.69, 9.17) is 5.73 Å². The Balaban J connectivity index is 1.51. The van der Waals surface area contributed by atoms with Gasteiger partial charge in [-0.25, -0.2) is 23.4 Å². The molecule has 3 heterocycles. The predicted octanol–water partition coefficient (Wildman–Crippen LogP) is 1.40. The maximum absolute atomic E-state index is 12.2. The molecule has 0 radical (unpaired) electrons. The number of aryl methyl sites for hydroxylation is 2.